The van der Waals surface area contributed by atoms with E-state index in [9.17, 15) is 9.59 Å². The second-order valence-electron chi connectivity index (χ2n) is 5.80. The van der Waals surface area contributed by atoms with Crippen LogP contribution in [0.25, 0.3) is 0 Å². The molecule has 28 heavy (non-hydrogen) atoms. The smallest absolute Gasteiger partial charge is 0.338 e. The van der Waals surface area contributed by atoms with Gasteiger partial charge in [-0.15, -0.1) is 0 Å². The molecule has 0 aliphatic rings. The Balaban J connectivity index is 1.80. The normalized spacial score (nSPS) is 10.1. The van der Waals surface area contributed by atoms with Crippen molar-refractivity contribution in [1.29, 1.82) is 0 Å². The van der Waals surface area contributed by atoms with Crippen molar-refractivity contribution >= 4 is 23.5 Å². The molecule has 0 aliphatic carbocycles. The van der Waals surface area contributed by atoms with E-state index in [1.807, 2.05) is 0 Å². The van der Waals surface area contributed by atoms with Crippen molar-refractivity contribution in [3.05, 3.63) is 53.1 Å². The van der Waals surface area contributed by atoms with Gasteiger partial charge >= 0.3 is 5.97 Å². The van der Waals surface area contributed by atoms with E-state index in [1.165, 1.54) is 31.3 Å². The molecule has 0 heterocycles. The first-order valence-corrected chi connectivity index (χ1v) is 8.83. The van der Waals surface area contributed by atoms with E-state index in [1.54, 1.807) is 37.4 Å². The lowest BCUT2D eigenvalue weighted by Gasteiger charge is -2.17. The summed E-state index contributed by atoms with van der Waals surface area (Å²) in [5.74, 6) is 0.575. The summed E-state index contributed by atoms with van der Waals surface area (Å²) in [5, 5.41) is 0.620. The second-order valence-corrected chi connectivity index (χ2v) is 6.23. The Morgan fingerprint density at radius 2 is 1.57 bits per heavy atom. The van der Waals surface area contributed by atoms with Gasteiger partial charge < -0.3 is 23.8 Å². The highest BCUT2D eigenvalue weighted by molar-refractivity contribution is 6.30. The van der Waals surface area contributed by atoms with Gasteiger partial charge in [0.05, 0.1) is 26.3 Å². The van der Waals surface area contributed by atoms with E-state index in [4.69, 9.17) is 30.5 Å². The number of likely N-dealkylation sites (N-methyl/N-ethyl adjacent to an activating group) is 1. The molecule has 2 aromatic carbocycles. The molecule has 2 rings (SSSR count). The van der Waals surface area contributed by atoms with Crippen molar-refractivity contribution in [2.45, 2.75) is 0 Å². The highest BCUT2D eigenvalue weighted by atomic mass is 35.5. The summed E-state index contributed by atoms with van der Waals surface area (Å²) in [6, 6.07) is 11.6. The van der Waals surface area contributed by atoms with Gasteiger partial charge in [0.15, 0.2) is 6.61 Å². The zero-order valence-electron chi connectivity index (χ0n) is 15.9. The van der Waals surface area contributed by atoms with Gasteiger partial charge in [-0.05, 0) is 36.4 Å². The number of carbonyl (C=O) groups is 2. The number of rotatable bonds is 9. The zero-order chi connectivity index (χ0) is 20.5. The molecule has 0 N–H and O–H groups in total. The number of halogens is 1. The average molecular weight is 408 g/mol. The highest BCUT2D eigenvalue weighted by Crippen LogP contribution is 2.23. The first kappa shape index (κ1) is 21.4. The van der Waals surface area contributed by atoms with E-state index < -0.39 is 5.97 Å². The molecule has 8 heteroatoms. The number of amides is 1. The van der Waals surface area contributed by atoms with Crippen LogP contribution in [0.1, 0.15) is 10.4 Å². The van der Waals surface area contributed by atoms with E-state index in [0.717, 1.165) is 0 Å². The molecule has 0 bridgehead atoms. The van der Waals surface area contributed by atoms with Crippen LogP contribution in [-0.4, -0.2) is 57.8 Å². The number of methoxy groups -OCH3 is 2. The van der Waals surface area contributed by atoms with Gasteiger partial charge in [-0.25, -0.2) is 4.79 Å². The van der Waals surface area contributed by atoms with E-state index in [2.05, 4.69) is 0 Å². The molecular weight excluding hydrogens is 386 g/mol. The number of esters is 1. The van der Waals surface area contributed by atoms with Gasteiger partial charge in [0.1, 0.15) is 23.9 Å². The molecule has 0 saturated heterocycles. The minimum Gasteiger partial charge on any atom is -0.497 e. The Labute approximate surface area is 168 Å². The van der Waals surface area contributed by atoms with Crippen LogP contribution in [0.4, 0.5) is 0 Å². The molecule has 0 aromatic heterocycles. The van der Waals surface area contributed by atoms with Crippen LogP contribution < -0.4 is 14.2 Å². The maximum atomic E-state index is 12.2. The van der Waals surface area contributed by atoms with Gasteiger partial charge in [-0.2, -0.15) is 0 Å². The maximum absolute atomic E-state index is 12.2. The third kappa shape index (κ3) is 6.35. The van der Waals surface area contributed by atoms with E-state index in [-0.39, 0.29) is 18.1 Å². The summed E-state index contributed by atoms with van der Waals surface area (Å²) in [6.45, 7) is 0.257. The molecule has 0 radical (unpaired) electrons. The molecule has 0 aliphatic heterocycles. The van der Waals surface area contributed by atoms with E-state index in [0.29, 0.717) is 35.4 Å². The van der Waals surface area contributed by atoms with Crippen LogP contribution in [-0.2, 0) is 9.53 Å². The minimum atomic E-state index is -0.642. The summed E-state index contributed by atoms with van der Waals surface area (Å²) in [7, 11) is 4.57. The van der Waals surface area contributed by atoms with Crippen LogP contribution in [0.3, 0.4) is 0 Å². The summed E-state index contributed by atoms with van der Waals surface area (Å²) in [4.78, 5) is 25.8. The Morgan fingerprint density at radius 1 is 0.964 bits per heavy atom. The Kier molecular flexibility index (Phi) is 7.95. The first-order valence-electron chi connectivity index (χ1n) is 8.45. The molecule has 0 fully saturated rings. The van der Waals surface area contributed by atoms with Crippen molar-refractivity contribution in [3.63, 3.8) is 0 Å². The first-order chi connectivity index (χ1) is 13.4. The van der Waals surface area contributed by atoms with Gasteiger partial charge in [0.25, 0.3) is 5.91 Å². The van der Waals surface area contributed by atoms with Crippen molar-refractivity contribution in [2.24, 2.45) is 0 Å². The number of hydrogen-bond acceptors (Lipinski definition) is 6. The Hall–Kier alpha value is -2.93. The van der Waals surface area contributed by atoms with Crippen molar-refractivity contribution in [2.75, 3.05) is 41.0 Å². The Bertz CT molecular complexity index is 787. The van der Waals surface area contributed by atoms with Crippen LogP contribution in [0, 0.1) is 0 Å². The van der Waals surface area contributed by atoms with E-state index >= 15 is 0 Å². The lowest BCUT2D eigenvalue weighted by molar-refractivity contribution is -0.133. The van der Waals surface area contributed by atoms with Crippen LogP contribution >= 0.6 is 11.6 Å². The van der Waals surface area contributed by atoms with Crippen LogP contribution in [0.15, 0.2) is 42.5 Å². The molecule has 0 saturated carbocycles. The molecule has 0 atom stereocenters. The van der Waals surface area contributed by atoms with Gasteiger partial charge in [-0.3, -0.25) is 4.79 Å². The van der Waals surface area contributed by atoms with Crippen molar-refractivity contribution in [1.82, 2.24) is 4.90 Å². The minimum absolute atomic E-state index is 0.234. The molecule has 1 amide bonds. The Morgan fingerprint density at radius 3 is 2.14 bits per heavy atom. The summed E-state index contributed by atoms with van der Waals surface area (Å²) >= 11 is 5.81. The monoisotopic (exact) mass is 407 g/mol. The maximum Gasteiger partial charge on any atom is 0.338 e. The zero-order valence-corrected chi connectivity index (χ0v) is 16.7. The molecular formula is C20H22ClNO6. The summed E-state index contributed by atoms with van der Waals surface area (Å²) < 4.78 is 20.9. The largest absolute Gasteiger partial charge is 0.497 e. The fraction of sp³-hybridized carbons (Fsp3) is 0.300. The predicted octanol–water partition coefficient (Wildman–Crippen LogP) is 3.05. The van der Waals surface area contributed by atoms with Gasteiger partial charge in [0, 0.05) is 18.1 Å². The molecule has 150 valence electrons. The van der Waals surface area contributed by atoms with Gasteiger partial charge in [-0.1, -0.05) is 11.6 Å². The SMILES string of the molecule is COc1cc(OC)cc(C(=O)OCC(=O)N(C)CCOc2ccc(Cl)cc2)c1. The molecule has 0 unspecified atom stereocenters. The third-order valence-electron chi connectivity index (χ3n) is 3.85. The second kappa shape index (κ2) is 10.4. The van der Waals surface area contributed by atoms with Gasteiger partial charge in [0.2, 0.25) is 0 Å². The highest BCUT2D eigenvalue weighted by Gasteiger charge is 2.15. The average Bonchev–Trinajstić information content (AvgIpc) is 2.72. The summed E-state index contributed by atoms with van der Waals surface area (Å²) in [5.41, 5.74) is 0.234. The lowest BCUT2D eigenvalue weighted by Crippen LogP contribution is -2.34. The van der Waals surface area contributed by atoms with Crippen LogP contribution in [0.5, 0.6) is 17.2 Å². The number of ether oxygens (including phenoxy) is 4. The van der Waals surface area contributed by atoms with Crippen molar-refractivity contribution < 1.29 is 28.5 Å². The quantitative estimate of drug-likeness (QED) is 0.595. The van der Waals surface area contributed by atoms with Crippen molar-refractivity contribution in [3.8, 4) is 17.2 Å². The van der Waals surface area contributed by atoms with Crippen LogP contribution in [0.2, 0.25) is 5.02 Å². The third-order valence-corrected chi connectivity index (χ3v) is 4.10. The fourth-order valence-corrected chi connectivity index (χ4v) is 2.33. The number of hydrogen-bond donors (Lipinski definition) is 0. The standard InChI is InChI=1S/C20H22ClNO6/c1-22(8-9-27-16-6-4-15(21)5-7-16)19(23)13-28-20(24)14-10-17(25-2)12-18(11-14)26-3/h4-7,10-12H,8-9,13H2,1-3H3. The number of benzene rings is 2. The lowest BCUT2D eigenvalue weighted by atomic mass is 10.2. The molecule has 0 spiro atoms. The predicted molar refractivity (Wildman–Crippen MR) is 104 cm³/mol. The number of carbonyl (C=O) groups excluding carboxylic acids is 2. The topological polar surface area (TPSA) is 74.3 Å². The molecule has 7 nitrogen and oxygen atoms in total. The molecule has 2 aromatic rings. The summed E-state index contributed by atoms with van der Waals surface area (Å²) in [6.07, 6.45) is 0. The number of nitrogens with zero attached hydrogens (tertiary/aromatic N) is 1. The fourth-order valence-electron chi connectivity index (χ4n) is 2.20.